The number of allylic oxidation sites excluding steroid dienone is 4. The van der Waals surface area contributed by atoms with Gasteiger partial charge in [-0.05, 0) is 103 Å². The molecule has 0 saturated heterocycles. The molecule has 0 spiro atoms. The summed E-state index contributed by atoms with van der Waals surface area (Å²) in [5, 5.41) is 4.63. The molecule has 1 aliphatic carbocycles. The number of hydrogen-bond donors (Lipinski definition) is 0. The van der Waals surface area contributed by atoms with Gasteiger partial charge in [0.25, 0.3) is 0 Å². The van der Waals surface area contributed by atoms with Crippen LogP contribution in [-0.2, 0) is 11.3 Å². The van der Waals surface area contributed by atoms with Gasteiger partial charge in [0.05, 0.1) is 0 Å². The fourth-order valence-corrected chi connectivity index (χ4v) is 6.41. The standard InChI is InChI=1S/C29H29F2N3OS/c1-18-16-27-20(5-3-4-19(2)36-27)10-15-25(18)26(35)17-34-29(22-8-13-24(31)14-9-22)32-28(33-34)21-6-11-23(30)12-7-21/h4,6-9,11-14,18,25H,3,5,10,15-17H2,1-2H3. The normalized spacial score (nSPS) is 20.4. The third kappa shape index (κ3) is 5.36. The Morgan fingerprint density at radius 2 is 1.69 bits per heavy atom. The minimum Gasteiger partial charge on any atom is -0.297 e. The van der Waals surface area contributed by atoms with E-state index in [-0.39, 0.29) is 35.8 Å². The lowest BCUT2D eigenvalue weighted by atomic mass is 9.85. The number of benzene rings is 2. The highest BCUT2D eigenvalue weighted by Crippen LogP contribution is 2.43. The Morgan fingerprint density at radius 3 is 2.39 bits per heavy atom. The number of thioether (sulfide) groups is 1. The van der Waals surface area contributed by atoms with Crippen LogP contribution in [0.4, 0.5) is 8.78 Å². The minimum atomic E-state index is -0.345. The highest BCUT2D eigenvalue weighted by molar-refractivity contribution is 8.06. The van der Waals surface area contributed by atoms with Crippen LogP contribution in [0.2, 0.25) is 0 Å². The highest BCUT2D eigenvalue weighted by Gasteiger charge is 2.31. The lowest BCUT2D eigenvalue weighted by molar-refractivity contribution is -0.125. The average molecular weight is 506 g/mol. The molecule has 0 N–H and O–H groups in total. The van der Waals surface area contributed by atoms with E-state index in [0.717, 1.165) is 32.1 Å². The predicted octanol–water partition coefficient (Wildman–Crippen LogP) is 7.58. The summed E-state index contributed by atoms with van der Waals surface area (Å²) in [6.07, 6.45) is 7.16. The summed E-state index contributed by atoms with van der Waals surface area (Å²) in [6, 6.07) is 12.0. The SMILES string of the molecule is CC1=CCCC2=C(CC(C)C(C(=O)Cn3nc(-c4ccc(F)cc4)nc3-c3ccc(F)cc3)CC2)S1. The van der Waals surface area contributed by atoms with Gasteiger partial charge in [0.15, 0.2) is 17.4 Å². The van der Waals surface area contributed by atoms with E-state index < -0.39 is 0 Å². The molecular formula is C29H29F2N3OS. The van der Waals surface area contributed by atoms with Crippen LogP contribution in [-0.4, -0.2) is 20.5 Å². The average Bonchev–Trinajstić information content (AvgIpc) is 3.09. The predicted molar refractivity (Wildman–Crippen MR) is 140 cm³/mol. The molecule has 2 atom stereocenters. The van der Waals surface area contributed by atoms with Crippen LogP contribution in [0.15, 0.2) is 70.0 Å². The number of carbonyl (C=O) groups is 1. The van der Waals surface area contributed by atoms with E-state index in [1.807, 2.05) is 11.8 Å². The second-order valence-electron chi connectivity index (χ2n) is 9.71. The maximum absolute atomic E-state index is 13.7. The van der Waals surface area contributed by atoms with E-state index in [4.69, 9.17) is 0 Å². The molecule has 2 aliphatic rings. The Hall–Kier alpha value is -3.06. The Bertz CT molecular complexity index is 1330. The van der Waals surface area contributed by atoms with E-state index >= 15 is 0 Å². The lowest BCUT2D eigenvalue weighted by Crippen LogP contribution is -2.26. The van der Waals surface area contributed by atoms with Crippen molar-refractivity contribution in [3.63, 3.8) is 0 Å². The van der Waals surface area contributed by atoms with Crippen molar-refractivity contribution in [1.29, 1.82) is 0 Å². The lowest BCUT2D eigenvalue weighted by Gasteiger charge is -2.21. The quantitative estimate of drug-likeness (QED) is 0.359. The summed E-state index contributed by atoms with van der Waals surface area (Å²) < 4.78 is 28.7. The van der Waals surface area contributed by atoms with Crippen molar-refractivity contribution in [1.82, 2.24) is 14.8 Å². The molecule has 1 aliphatic heterocycles. The Morgan fingerprint density at radius 1 is 1.03 bits per heavy atom. The largest absolute Gasteiger partial charge is 0.297 e. The number of hydrogen-bond acceptors (Lipinski definition) is 4. The van der Waals surface area contributed by atoms with Gasteiger partial charge in [-0.1, -0.05) is 30.3 Å². The maximum Gasteiger partial charge on any atom is 0.181 e. The second-order valence-corrected chi connectivity index (χ2v) is 11.0. The fraction of sp³-hybridized carbons (Fsp3) is 0.345. The molecule has 0 saturated carbocycles. The number of nitrogens with zero attached hydrogens (tertiary/aromatic N) is 3. The first kappa shape index (κ1) is 24.6. The van der Waals surface area contributed by atoms with Gasteiger partial charge in [-0.15, -0.1) is 5.10 Å². The number of Topliss-reactive ketones (excluding diaryl/α,β-unsaturated/α-hetero) is 1. The molecular weight excluding hydrogens is 476 g/mol. The second kappa shape index (κ2) is 10.5. The van der Waals surface area contributed by atoms with Crippen LogP contribution in [0.5, 0.6) is 0 Å². The van der Waals surface area contributed by atoms with Crippen molar-refractivity contribution in [3.8, 4) is 22.8 Å². The van der Waals surface area contributed by atoms with Crippen molar-refractivity contribution in [3.05, 3.63) is 81.6 Å². The van der Waals surface area contributed by atoms with Gasteiger partial charge in [0.2, 0.25) is 0 Å². The summed E-state index contributed by atoms with van der Waals surface area (Å²) in [5.41, 5.74) is 2.83. The van der Waals surface area contributed by atoms with Gasteiger partial charge in [-0.25, -0.2) is 18.4 Å². The van der Waals surface area contributed by atoms with Crippen molar-refractivity contribution in [2.24, 2.45) is 11.8 Å². The molecule has 2 aromatic carbocycles. The molecule has 2 unspecified atom stereocenters. The Kier molecular flexibility index (Phi) is 7.19. The third-order valence-corrected chi connectivity index (χ3v) is 8.29. The molecule has 1 aromatic heterocycles. The van der Waals surface area contributed by atoms with E-state index in [9.17, 15) is 13.6 Å². The van der Waals surface area contributed by atoms with Gasteiger partial charge in [0, 0.05) is 17.0 Å². The summed E-state index contributed by atoms with van der Waals surface area (Å²) in [7, 11) is 0. The van der Waals surface area contributed by atoms with Gasteiger partial charge >= 0.3 is 0 Å². The maximum atomic E-state index is 13.7. The fourth-order valence-electron chi connectivity index (χ4n) is 5.13. The topological polar surface area (TPSA) is 47.8 Å². The molecule has 0 bridgehead atoms. The van der Waals surface area contributed by atoms with Crippen molar-refractivity contribution in [2.45, 2.75) is 52.5 Å². The molecule has 36 heavy (non-hydrogen) atoms. The summed E-state index contributed by atoms with van der Waals surface area (Å²) in [5.74, 6) is 0.514. The third-order valence-electron chi connectivity index (χ3n) is 7.10. The summed E-state index contributed by atoms with van der Waals surface area (Å²) >= 11 is 1.87. The molecule has 7 heteroatoms. The zero-order valence-electron chi connectivity index (χ0n) is 20.5. The first-order valence-corrected chi connectivity index (χ1v) is 13.2. The van der Waals surface area contributed by atoms with Gasteiger partial charge in [-0.3, -0.25) is 4.79 Å². The van der Waals surface area contributed by atoms with Crippen LogP contribution >= 0.6 is 11.8 Å². The van der Waals surface area contributed by atoms with Gasteiger partial charge in [-0.2, -0.15) is 0 Å². The van der Waals surface area contributed by atoms with Crippen LogP contribution in [0.25, 0.3) is 22.8 Å². The highest BCUT2D eigenvalue weighted by atomic mass is 32.2. The summed E-state index contributed by atoms with van der Waals surface area (Å²) in [4.78, 5) is 21.1. The molecule has 2 heterocycles. The van der Waals surface area contributed by atoms with E-state index in [1.165, 1.54) is 39.6 Å². The van der Waals surface area contributed by atoms with E-state index in [1.54, 1.807) is 28.9 Å². The number of halogens is 2. The molecule has 0 radical (unpaired) electrons. The van der Waals surface area contributed by atoms with Crippen molar-refractivity contribution < 1.29 is 13.6 Å². The zero-order valence-corrected chi connectivity index (χ0v) is 21.3. The first-order chi connectivity index (χ1) is 17.4. The van der Waals surface area contributed by atoms with Crippen LogP contribution < -0.4 is 0 Å². The Balaban J connectivity index is 1.41. The molecule has 5 rings (SSSR count). The molecule has 186 valence electrons. The number of carbonyl (C=O) groups excluding carboxylic acids is 1. The number of rotatable bonds is 5. The zero-order chi connectivity index (χ0) is 25.2. The van der Waals surface area contributed by atoms with Crippen LogP contribution in [0.3, 0.4) is 0 Å². The smallest absolute Gasteiger partial charge is 0.181 e. The van der Waals surface area contributed by atoms with Crippen LogP contribution in [0, 0.1) is 23.5 Å². The summed E-state index contributed by atoms with van der Waals surface area (Å²) in [6.45, 7) is 4.43. The van der Waals surface area contributed by atoms with E-state index in [0.29, 0.717) is 22.8 Å². The number of aromatic nitrogens is 3. The Labute approximate surface area is 214 Å². The van der Waals surface area contributed by atoms with Crippen LogP contribution in [0.1, 0.15) is 46.0 Å². The van der Waals surface area contributed by atoms with E-state index in [2.05, 4.69) is 30.0 Å². The minimum absolute atomic E-state index is 0.0682. The van der Waals surface area contributed by atoms with Crippen molar-refractivity contribution in [2.75, 3.05) is 0 Å². The molecule has 3 aromatic rings. The van der Waals surface area contributed by atoms with Gasteiger partial charge in [0.1, 0.15) is 18.2 Å². The van der Waals surface area contributed by atoms with Crippen molar-refractivity contribution >= 4 is 17.5 Å². The number of ketones is 1. The van der Waals surface area contributed by atoms with Gasteiger partial charge < -0.3 is 0 Å². The molecule has 0 amide bonds. The molecule has 0 fully saturated rings. The monoisotopic (exact) mass is 505 g/mol. The first-order valence-electron chi connectivity index (χ1n) is 12.4. The molecule has 4 nitrogen and oxygen atoms in total.